The summed E-state index contributed by atoms with van der Waals surface area (Å²) in [5.74, 6) is -1.30. The first-order valence-corrected chi connectivity index (χ1v) is 8.92. The van der Waals surface area contributed by atoms with Crippen molar-refractivity contribution in [3.8, 4) is 6.07 Å². The van der Waals surface area contributed by atoms with Crippen LogP contribution in [0.2, 0.25) is 0 Å². The number of rotatable bonds is 4. The summed E-state index contributed by atoms with van der Waals surface area (Å²) in [6.45, 7) is 1.81. The van der Waals surface area contributed by atoms with Crippen LogP contribution in [0.15, 0.2) is 28.0 Å². The molecular weight excluding hydrogens is 352 g/mol. The van der Waals surface area contributed by atoms with Crippen LogP contribution < -0.4 is 4.72 Å². The minimum Gasteiger partial charge on any atom is -0.476 e. The minimum absolute atomic E-state index is 0.254. The molecule has 0 aliphatic heterocycles. The zero-order chi connectivity index (χ0) is 17.5. The molecule has 2 aromatic heterocycles. The smallest absolute Gasteiger partial charge is 0.355 e. The Bertz CT molecular complexity index is 1110. The third-order valence-electron chi connectivity index (χ3n) is 3.34. The molecule has 0 saturated heterocycles. The number of aryl methyl sites for hydroxylation is 1. The molecule has 10 heteroatoms. The number of hydrogen-bond donors (Lipinski definition) is 3. The lowest BCUT2D eigenvalue weighted by atomic mass is 10.1. The standard InChI is InChI=1S/C14H10N4O4S2/c1-7-2-3-9(12-11(7)8(4-15)5-16-12)18-24(21,22)14-17-10(6-23-14)13(19)20/h2-3,5-6,16,18H,1H3,(H,19,20). The van der Waals surface area contributed by atoms with E-state index in [1.165, 1.54) is 6.20 Å². The third kappa shape index (κ3) is 2.60. The molecule has 122 valence electrons. The number of hydrogen-bond acceptors (Lipinski definition) is 6. The topological polar surface area (TPSA) is 136 Å². The van der Waals surface area contributed by atoms with E-state index in [0.29, 0.717) is 16.5 Å². The molecule has 0 unspecified atom stereocenters. The summed E-state index contributed by atoms with van der Waals surface area (Å²) in [5.41, 5.74) is 1.63. The van der Waals surface area contributed by atoms with Gasteiger partial charge in [-0.2, -0.15) is 13.7 Å². The molecule has 0 saturated carbocycles. The van der Waals surface area contributed by atoms with E-state index in [0.717, 1.165) is 22.3 Å². The van der Waals surface area contributed by atoms with Gasteiger partial charge in [-0.15, -0.1) is 11.3 Å². The molecule has 0 bridgehead atoms. The van der Waals surface area contributed by atoms with Crippen molar-refractivity contribution in [3.63, 3.8) is 0 Å². The number of anilines is 1. The quantitative estimate of drug-likeness (QED) is 0.651. The fourth-order valence-electron chi connectivity index (χ4n) is 2.26. The van der Waals surface area contributed by atoms with E-state index in [1.54, 1.807) is 12.1 Å². The van der Waals surface area contributed by atoms with Crippen LogP contribution in [-0.4, -0.2) is 29.5 Å². The van der Waals surface area contributed by atoms with Crippen molar-refractivity contribution in [2.45, 2.75) is 11.3 Å². The lowest BCUT2D eigenvalue weighted by Gasteiger charge is -2.08. The second-order valence-electron chi connectivity index (χ2n) is 4.90. The second kappa shape index (κ2) is 5.63. The molecule has 1 aromatic carbocycles. The Balaban J connectivity index is 2.06. The molecule has 3 rings (SSSR count). The first-order valence-electron chi connectivity index (χ1n) is 6.56. The van der Waals surface area contributed by atoms with Crippen molar-refractivity contribution < 1.29 is 18.3 Å². The maximum Gasteiger partial charge on any atom is 0.355 e. The summed E-state index contributed by atoms with van der Waals surface area (Å²) in [6, 6.07) is 5.31. The van der Waals surface area contributed by atoms with E-state index >= 15 is 0 Å². The Labute approximate surface area is 140 Å². The van der Waals surface area contributed by atoms with Crippen LogP contribution in [0.1, 0.15) is 21.6 Å². The highest BCUT2D eigenvalue weighted by Gasteiger charge is 2.22. The fraction of sp³-hybridized carbons (Fsp3) is 0.0714. The number of aromatic carboxylic acids is 1. The largest absolute Gasteiger partial charge is 0.476 e. The first kappa shape index (κ1) is 16.0. The highest BCUT2D eigenvalue weighted by molar-refractivity contribution is 7.94. The van der Waals surface area contributed by atoms with E-state index in [2.05, 4.69) is 14.7 Å². The van der Waals surface area contributed by atoms with Gasteiger partial charge in [0.05, 0.1) is 16.8 Å². The number of benzene rings is 1. The van der Waals surface area contributed by atoms with Crippen molar-refractivity contribution in [2.24, 2.45) is 0 Å². The van der Waals surface area contributed by atoms with Crippen molar-refractivity contribution in [1.82, 2.24) is 9.97 Å². The number of carboxylic acids is 1. The van der Waals surface area contributed by atoms with Gasteiger partial charge in [0, 0.05) is 17.0 Å². The Hall–Kier alpha value is -2.90. The zero-order valence-electron chi connectivity index (χ0n) is 12.2. The van der Waals surface area contributed by atoms with Gasteiger partial charge in [-0.25, -0.2) is 9.78 Å². The van der Waals surface area contributed by atoms with Gasteiger partial charge < -0.3 is 10.1 Å². The van der Waals surface area contributed by atoms with Gasteiger partial charge in [-0.3, -0.25) is 4.72 Å². The van der Waals surface area contributed by atoms with Gasteiger partial charge in [-0.1, -0.05) is 6.07 Å². The van der Waals surface area contributed by atoms with Crippen LogP contribution in [0.5, 0.6) is 0 Å². The molecule has 0 aliphatic carbocycles. The predicted molar refractivity (Wildman–Crippen MR) is 87.6 cm³/mol. The van der Waals surface area contributed by atoms with Crippen molar-refractivity contribution in [1.29, 1.82) is 5.26 Å². The fourth-order valence-corrected chi connectivity index (χ4v) is 4.32. The molecule has 3 aromatic rings. The molecular formula is C14H10N4O4S2. The molecule has 0 fully saturated rings. The number of carboxylic acid groups (broad SMARTS) is 1. The van der Waals surface area contributed by atoms with Crippen LogP contribution in [0.3, 0.4) is 0 Å². The van der Waals surface area contributed by atoms with Gasteiger partial charge in [0.15, 0.2) is 5.69 Å². The Morgan fingerprint density at radius 1 is 1.46 bits per heavy atom. The number of H-pyrrole nitrogens is 1. The molecule has 2 heterocycles. The number of sulfonamides is 1. The maximum atomic E-state index is 12.4. The van der Waals surface area contributed by atoms with Crippen molar-refractivity contribution in [3.05, 3.63) is 40.5 Å². The summed E-state index contributed by atoms with van der Waals surface area (Å²) in [5, 5.41) is 19.8. The normalized spacial score (nSPS) is 11.3. The van der Waals surface area contributed by atoms with Crippen LogP contribution in [0.4, 0.5) is 5.69 Å². The van der Waals surface area contributed by atoms with Crippen molar-refractivity contribution >= 4 is 43.9 Å². The highest BCUT2D eigenvalue weighted by Crippen LogP contribution is 2.30. The summed E-state index contributed by atoms with van der Waals surface area (Å²) in [4.78, 5) is 17.3. The molecule has 3 N–H and O–H groups in total. The predicted octanol–water partition coefficient (Wildman–Crippen LogP) is 2.30. The minimum atomic E-state index is -4.04. The zero-order valence-corrected chi connectivity index (χ0v) is 13.8. The third-order valence-corrected chi connectivity index (χ3v) is 5.96. The number of nitrogens with zero attached hydrogens (tertiary/aromatic N) is 2. The average Bonchev–Trinajstić information content (AvgIpc) is 3.17. The maximum absolute atomic E-state index is 12.4. The molecule has 0 spiro atoms. The Kier molecular flexibility index (Phi) is 3.75. The van der Waals surface area contributed by atoms with Crippen LogP contribution in [0, 0.1) is 18.3 Å². The van der Waals surface area contributed by atoms with E-state index in [9.17, 15) is 13.2 Å². The van der Waals surface area contributed by atoms with E-state index in [4.69, 9.17) is 10.4 Å². The average molecular weight is 362 g/mol. The summed E-state index contributed by atoms with van der Waals surface area (Å²) >= 11 is 0.717. The van der Waals surface area contributed by atoms with Gasteiger partial charge in [0.1, 0.15) is 6.07 Å². The highest BCUT2D eigenvalue weighted by atomic mass is 32.2. The Morgan fingerprint density at radius 3 is 2.83 bits per heavy atom. The molecule has 0 aliphatic rings. The lowest BCUT2D eigenvalue weighted by molar-refractivity contribution is 0.0691. The molecule has 0 atom stereocenters. The van der Waals surface area contributed by atoms with E-state index < -0.39 is 16.0 Å². The first-order chi connectivity index (χ1) is 11.3. The number of nitrogens with one attached hydrogen (secondary N) is 2. The van der Waals surface area contributed by atoms with Crippen molar-refractivity contribution in [2.75, 3.05) is 4.72 Å². The number of carbonyl (C=O) groups is 1. The van der Waals surface area contributed by atoms with Gasteiger partial charge in [0.25, 0.3) is 10.0 Å². The molecule has 8 nitrogen and oxygen atoms in total. The van der Waals surface area contributed by atoms with Gasteiger partial charge >= 0.3 is 5.97 Å². The van der Waals surface area contributed by atoms with Crippen LogP contribution >= 0.6 is 11.3 Å². The molecule has 0 radical (unpaired) electrons. The SMILES string of the molecule is Cc1ccc(NS(=O)(=O)c2nc(C(=O)O)cs2)c2[nH]cc(C#N)c12. The number of thiazole rings is 1. The summed E-state index contributed by atoms with van der Waals surface area (Å²) in [6.07, 6.45) is 1.50. The monoisotopic (exact) mass is 362 g/mol. The lowest BCUT2D eigenvalue weighted by Crippen LogP contribution is -2.13. The molecule has 24 heavy (non-hydrogen) atoms. The van der Waals surface area contributed by atoms with Gasteiger partial charge in [0.2, 0.25) is 4.34 Å². The second-order valence-corrected chi connectivity index (χ2v) is 7.62. The Morgan fingerprint density at radius 2 is 2.21 bits per heavy atom. The number of aromatic nitrogens is 2. The van der Waals surface area contributed by atoms with Crippen LogP contribution in [-0.2, 0) is 10.0 Å². The van der Waals surface area contributed by atoms with E-state index in [-0.39, 0.29) is 15.7 Å². The van der Waals surface area contributed by atoms with Gasteiger partial charge in [-0.05, 0) is 18.6 Å². The summed E-state index contributed by atoms with van der Waals surface area (Å²) in [7, 11) is -4.04. The number of fused-ring (bicyclic) bond motifs is 1. The number of nitriles is 1. The van der Waals surface area contributed by atoms with E-state index in [1.807, 2.05) is 13.0 Å². The number of aromatic amines is 1. The molecule has 0 amide bonds. The summed E-state index contributed by atoms with van der Waals surface area (Å²) < 4.78 is 26.8. The van der Waals surface area contributed by atoms with Crippen LogP contribution in [0.25, 0.3) is 10.9 Å².